The van der Waals surface area contributed by atoms with Crippen LogP contribution in [-0.2, 0) is 0 Å². The van der Waals surface area contributed by atoms with Crippen LogP contribution in [0.2, 0.25) is 10.0 Å². The molecule has 2 aromatic rings. The van der Waals surface area contributed by atoms with E-state index < -0.39 is 0 Å². The van der Waals surface area contributed by atoms with Gasteiger partial charge in [-0.05, 0) is 43.0 Å². The van der Waals surface area contributed by atoms with Crippen LogP contribution < -0.4 is 5.32 Å². The third kappa shape index (κ3) is 4.34. The van der Waals surface area contributed by atoms with Gasteiger partial charge in [0, 0.05) is 31.2 Å². The SMILES string of the molecule is CC1CCN(C(=O)c2cncc(C(=O)Nc3ccc(Cl)c(Cl)c3)c2)CC1. The summed E-state index contributed by atoms with van der Waals surface area (Å²) in [4.78, 5) is 31.0. The lowest BCUT2D eigenvalue weighted by atomic mass is 9.98. The topological polar surface area (TPSA) is 62.3 Å². The van der Waals surface area contributed by atoms with Gasteiger partial charge in [0.05, 0.1) is 21.2 Å². The van der Waals surface area contributed by atoms with Crippen molar-refractivity contribution < 1.29 is 9.59 Å². The summed E-state index contributed by atoms with van der Waals surface area (Å²) in [5.74, 6) is 0.187. The predicted octanol–water partition coefficient (Wildman–Crippen LogP) is 4.51. The molecule has 136 valence electrons. The number of pyridine rings is 1. The summed E-state index contributed by atoms with van der Waals surface area (Å²) in [5, 5.41) is 3.50. The number of anilines is 1. The number of carbonyl (C=O) groups excluding carboxylic acids is 2. The lowest BCUT2D eigenvalue weighted by Crippen LogP contribution is -2.38. The number of likely N-dealkylation sites (tertiary alicyclic amines) is 1. The van der Waals surface area contributed by atoms with Gasteiger partial charge in [0.25, 0.3) is 11.8 Å². The molecule has 0 radical (unpaired) electrons. The van der Waals surface area contributed by atoms with E-state index in [-0.39, 0.29) is 11.8 Å². The molecule has 0 saturated carbocycles. The minimum atomic E-state index is -0.363. The van der Waals surface area contributed by atoms with E-state index in [4.69, 9.17) is 23.2 Å². The van der Waals surface area contributed by atoms with E-state index in [1.54, 1.807) is 24.3 Å². The number of rotatable bonds is 3. The third-order valence-corrected chi connectivity index (χ3v) is 5.23. The Morgan fingerprint density at radius 1 is 1.08 bits per heavy atom. The van der Waals surface area contributed by atoms with E-state index in [0.717, 1.165) is 25.9 Å². The van der Waals surface area contributed by atoms with Crippen LogP contribution in [0.15, 0.2) is 36.7 Å². The standard InChI is InChI=1S/C19H19Cl2N3O2/c1-12-4-6-24(7-5-12)19(26)14-8-13(10-22-11-14)18(25)23-15-2-3-16(20)17(21)9-15/h2-3,8-12H,4-7H2,1H3,(H,23,25). The Labute approximate surface area is 162 Å². The molecule has 1 aromatic carbocycles. The molecule has 1 saturated heterocycles. The van der Waals surface area contributed by atoms with Crippen molar-refractivity contribution in [2.24, 2.45) is 5.92 Å². The quantitative estimate of drug-likeness (QED) is 0.836. The number of nitrogens with one attached hydrogen (secondary N) is 1. The number of hydrogen-bond donors (Lipinski definition) is 1. The molecule has 0 unspecified atom stereocenters. The molecule has 0 bridgehead atoms. The monoisotopic (exact) mass is 391 g/mol. The number of nitrogens with zero attached hydrogens (tertiary/aromatic N) is 2. The van der Waals surface area contributed by atoms with Gasteiger partial charge < -0.3 is 10.2 Å². The molecule has 5 nitrogen and oxygen atoms in total. The minimum absolute atomic E-state index is 0.0893. The van der Waals surface area contributed by atoms with E-state index in [2.05, 4.69) is 17.2 Å². The first-order valence-corrected chi connectivity index (χ1v) is 9.20. The zero-order chi connectivity index (χ0) is 18.7. The molecule has 0 spiro atoms. The average molecular weight is 392 g/mol. The Balaban J connectivity index is 1.72. The normalized spacial score (nSPS) is 15.0. The maximum Gasteiger partial charge on any atom is 0.257 e. The largest absolute Gasteiger partial charge is 0.339 e. The fourth-order valence-corrected chi connectivity index (χ4v) is 3.15. The summed E-state index contributed by atoms with van der Waals surface area (Å²) in [6.07, 6.45) is 4.92. The van der Waals surface area contributed by atoms with Gasteiger partial charge >= 0.3 is 0 Å². The number of hydrogen-bond acceptors (Lipinski definition) is 3. The lowest BCUT2D eigenvalue weighted by Gasteiger charge is -2.30. The number of carbonyl (C=O) groups is 2. The van der Waals surface area contributed by atoms with Crippen molar-refractivity contribution >= 4 is 40.7 Å². The number of halogens is 2. The summed E-state index contributed by atoms with van der Waals surface area (Å²) in [7, 11) is 0. The van der Waals surface area contributed by atoms with Crippen LogP contribution in [0.5, 0.6) is 0 Å². The first-order valence-electron chi connectivity index (χ1n) is 8.45. The second-order valence-corrected chi connectivity index (χ2v) is 7.33. The molecule has 3 rings (SSSR count). The second kappa shape index (κ2) is 8.06. The van der Waals surface area contributed by atoms with Gasteiger partial charge in [-0.15, -0.1) is 0 Å². The minimum Gasteiger partial charge on any atom is -0.339 e. The first kappa shape index (κ1) is 18.7. The fraction of sp³-hybridized carbons (Fsp3) is 0.316. The summed E-state index contributed by atoms with van der Waals surface area (Å²) in [5.41, 5.74) is 1.25. The molecule has 1 fully saturated rings. The van der Waals surface area contributed by atoms with Gasteiger partial charge in [0.15, 0.2) is 0 Å². The Morgan fingerprint density at radius 2 is 1.77 bits per heavy atom. The van der Waals surface area contributed by atoms with Crippen LogP contribution >= 0.6 is 23.2 Å². The fourth-order valence-electron chi connectivity index (χ4n) is 2.85. The molecule has 1 aliphatic heterocycles. The maximum absolute atomic E-state index is 12.6. The van der Waals surface area contributed by atoms with Crippen molar-refractivity contribution in [2.75, 3.05) is 18.4 Å². The Kier molecular flexibility index (Phi) is 5.79. The van der Waals surface area contributed by atoms with Crippen molar-refractivity contribution in [3.8, 4) is 0 Å². The highest BCUT2D eigenvalue weighted by Gasteiger charge is 2.22. The highest BCUT2D eigenvalue weighted by molar-refractivity contribution is 6.42. The number of piperidine rings is 1. The van der Waals surface area contributed by atoms with Crippen molar-refractivity contribution in [3.05, 3.63) is 57.8 Å². The summed E-state index contributed by atoms with van der Waals surface area (Å²) in [6, 6.07) is 6.40. The molecule has 1 N–H and O–H groups in total. The summed E-state index contributed by atoms with van der Waals surface area (Å²) in [6.45, 7) is 3.66. The van der Waals surface area contributed by atoms with E-state index in [1.165, 1.54) is 12.4 Å². The van der Waals surface area contributed by atoms with Gasteiger partial charge in [-0.25, -0.2) is 0 Å². The molecule has 0 aliphatic carbocycles. The van der Waals surface area contributed by atoms with Crippen molar-refractivity contribution in [1.82, 2.24) is 9.88 Å². The van der Waals surface area contributed by atoms with Gasteiger partial charge in [-0.1, -0.05) is 30.1 Å². The summed E-state index contributed by atoms with van der Waals surface area (Å²) < 4.78 is 0. The Bertz CT molecular complexity index is 833. The van der Waals surface area contributed by atoms with Crippen LogP contribution in [-0.4, -0.2) is 34.8 Å². The van der Waals surface area contributed by atoms with E-state index in [9.17, 15) is 9.59 Å². The smallest absolute Gasteiger partial charge is 0.257 e. The van der Waals surface area contributed by atoms with Crippen LogP contribution in [0, 0.1) is 5.92 Å². The molecule has 7 heteroatoms. The predicted molar refractivity (Wildman–Crippen MR) is 103 cm³/mol. The van der Waals surface area contributed by atoms with Crippen LogP contribution in [0.1, 0.15) is 40.5 Å². The average Bonchev–Trinajstić information content (AvgIpc) is 2.65. The Morgan fingerprint density at radius 3 is 2.46 bits per heavy atom. The van der Waals surface area contributed by atoms with E-state index in [1.807, 2.05) is 4.90 Å². The number of amides is 2. The molecular formula is C19H19Cl2N3O2. The van der Waals surface area contributed by atoms with Crippen LogP contribution in [0.25, 0.3) is 0 Å². The number of benzene rings is 1. The van der Waals surface area contributed by atoms with Gasteiger partial charge in [-0.2, -0.15) is 0 Å². The van der Waals surface area contributed by atoms with Gasteiger partial charge in [0.1, 0.15) is 0 Å². The molecule has 0 atom stereocenters. The highest BCUT2D eigenvalue weighted by atomic mass is 35.5. The Hall–Kier alpha value is -2.11. The molecule has 26 heavy (non-hydrogen) atoms. The van der Waals surface area contributed by atoms with Crippen molar-refractivity contribution in [2.45, 2.75) is 19.8 Å². The zero-order valence-corrected chi connectivity index (χ0v) is 15.8. The second-order valence-electron chi connectivity index (χ2n) is 6.52. The zero-order valence-electron chi connectivity index (χ0n) is 14.3. The molecule has 2 amide bonds. The highest BCUT2D eigenvalue weighted by Crippen LogP contribution is 2.25. The van der Waals surface area contributed by atoms with Crippen molar-refractivity contribution in [1.29, 1.82) is 0 Å². The lowest BCUT2D eigenvalue weighted by molar-refractivity contribution is 0.0697. The number of aromatic nitrogens is 1. The van der Waals surface area contributed by atoms with Crippen LogP contribution in [0.4, 0.5) is 5.69 Å². The van der Waals surface area contributed by atoms with Gasteiger partial charge in [-0.3, -0.25) is 14.6 Å². The molecular weight excluding hydrogens is 373 g/mol. The van der Waals surface area contributed by atoms with E-state index >= 15 is 0 Å². The van der Waals surface area contributed by atoms with E-state index in [0.29, 0.717) is 32.8 Å². The third-order valence-electron chi connectivity index (χ3n) is 4.50. The first-order chi connectivity index (χ1) is 12.4. The summed E-state index contributed by atoms with van der Waals surface area (Å²) >= 11 is 11.8. The van der Waals surface area contributed by atoms with Gasteiger partial charge in [0.2, 0.25) is 0 Å². The molecule has 1 aliphatic rings. The molecule has 2 heterocycles. The molecule has 1 aromatic heterocycles. The van der Waals surface area contributed by atoms with Crippen LogP contribution in [0.3, 0.4) is 0 Å². The van der Waals surface area contributed by atoms with Crippen molar-refractivity contribution in [3.63, 3.8) is 0 Å². The maximum atomic E-state index is 12.6.